The van der Waals surface area contributed by atoms with Crippen molar-refractivity contribution in [2.24, 2.45) is 14.1 Å². The van der Waals surface area contributed by atoms with Gasteiger partial charge in [-0.15, -0.1) is 0 Å². The summed E-state index contributed by atoms with van der Waals surface area (Å²) in [5.41, 5.74) is 6.51. The molecule has 2 heterocycles. The van der Waals surface area contributed by atoms with Crippen molar-refractivity contribution >= 4 is 23.7 Å². The second kappa shape index (κ2) is 4.36. The lowest BCUT2D eigenvalue weighted by Crippen LogP contribution is -2.16. The third-order valence-corrected chi connectivity index (χ3v) is 2.52. The Hall–Kier alpha value is -2.57. The summed E-state index contributed by atoms with van der Waals surface area (Å²) in [6, 6.07) is 1.58. The number of carbonyl (C=O) groups is 2. The van der Waals surface area contributed by atoms with E-state index in [1.807, 2.05) is 0 Å². The molecule has 0 aliphatic heterocycles. The highest BCUT2D eigenvalue weighted by atomic mass is 16.2. The molecule has 2 rings (SSSR count). The minimum absolute atomic E-state index is 0.212. The number of hydrogen-bond acceptors (Lipinski definition) is 4. The van der Waals surface area contributed by atoms with Gasteiger partial charge in [0.1, 0.15) is 5.82 Å². The lowest BCUT2D eigenvalue weighted by atomic mass is 10.4. The molecule has 0 unspecified atom stereocenters. The predicted octanol–water partition coefficient (Wildman–Crippen LogP) is 0.406. The zero-order valence-corrected chi connectivity index (χ0v) is 10.0. The fourth-order valence-electron chi connectivity index (χ4n) is 1.65. The number of rotatable bonds is 3. The predicted molar refractivity (Wildman–Crippen MR) is 66.4 cm³/mol. The summed E-state index contributed by atoms with van der Waals surface area (Å²) in [6.07, 6.45) is 3.92. The Morgan fingerprint density at radius 2 is 2.11 bits per heavy atom. The fourth-order valence-corrected chi connectivity index (χ4v) is 1.65. The first-order valence-electron chi connectivity index (χ1n) is 5.23. The Morgan fingerprint density at radius 3 is 2.61 bits per heavy atom. The van der Waals surface area contributed by atoms with Crippen LogP contribution in [0.5, 0.6) is 0 Å². The molecule has 0 bridgehead atoms. The maximum atomic E-state index is 11.9. The highest BCUT2D eigenvalue weighted by Crippen LogP contribution is 2.13. The second-order valence-electron chi connectivity index (χ2n) is 3.94. The van der Waals surface area contributed by atoms with Gasteiger partial charge in [-0.3, -0.25) is 9.59 Å². The number of aryl methyl sites for hydroxylation is 2. The van der Waals surface area contributed by atoms with Crippen LogP contribution < -0.4 is 11.1 Å². The molecule has 18 heavy (non-hydrogen) atoms. The molecule has 0 saturated heterocycles. The molecule has 0 radical (unpaired) electrons. The number of nitrogens with one attached hydrogen (secondary N) is 1. The first-order valence-corrected chi connectivity index (χ1v) is 5.23. The van der Waals surface area contributed by atoms with Gasteiger partial charge in [0.05, 0.1) is 11.4 Å². The van der Waals surface area contributed by atoms with Crippen molar-refractivity contribution in [3.8, 4) is 0 Å². The van der Waals surface area contributed by atoms with Crippen LogP contribution in [0.1, 0.15) is 21.1 Å². The minimum atomic E-state index is -0.378. The molecule has 1 amide bonds. The van der Waals surface area contributed by atoms with Crippen LogP contribution >= 0.6 is 0 Å². The van der Waals surface area contributed by atoms with Crippen molar-refractivity contribution in [3.63, 3.8) is 0 Å². The van der Waals surface area contributed by atoms with E-state index < -0.39 is 0 Å². The number of imidazole rings is 1. The summed E-state index contributed by atoms with van der Waals surface area (Å²) >= 11 is 0. The van der Waals surface area contributed by atoms with Crippen LogP contribution in [0.15, 0.2) is 18.5 Å². The third kappa shape index (κ3) is 2.10. The molecular formula is C11H13N5O2. The Morgan fingerprint density at radius 1 is 1.39 bits per heavy atom. The summed E-state index contributed by atoms with van der Waals surface area (Å²) in [7, 11) is 3.40. The van der Waals surface area contributed by atoms with Gasteiger partial charge in [0.15, 0.2) is 6.29 Å². The highest BCUT2D eigenvalue weighted by molar-refractivity contribution is 6.02. The largest absolute Gasteiger partial charge is 0.382 e. The molecule has 0 aliphatic rings. The second-order valence-corrected chi connectivity index (χ2v) is 3.94. The van der Waals surface area contributed by atoms with E-state index >= 15 is 0 Å². The summed E-state index contributed by atoms with van der Waals surface area (Å²) in [4.78, 5) is 26.5. The first kappa shape index (κ1) is 11.9. The Labute approximate surface area is 103 Å². The van der Waals surface area contributed by atoms with Crippen molar-refractivity contribution in [2.75, 3.05) is 11.1 Å². The van der Waals surface area contributed by atoms with Gasteiger partial charge in [-0.25, -0.2) is 4.98 Å². The molecule has 7 heteroatoms. The standard InChI is InChI=1S/C11H13N5O2/c1-15-4-7(3-8(15)6-17)13-11(18)10-14-9(12)5-16(10)2/h3-6H,12H2,1-2H3,(H,13,18). The number of nitrogens with two attached hydrogens (primary N) is 1. The van der Waals surface area contributed by atoms with Crippen LogP contribution in [0.3, 0.4) is 0 Å². The highest BCUT2D eigenvalue weighted by Gasteiger charge is 2.14. The van der Waals surface area contributed by atoms with Crippen molar-refractivity contribution in [1.29, 1.82) is 0 Å². The van der Waals surface area contributed by atoms with Crippen LogP contribution in [0.4, 0.5) is 11.5 Å². The van der Waals surface area contributed by atoms with Crippen LogP contribution in [-0.2, 0) is 14.1 Å². The van der Waals surface area contributed by atoms with Crippen LogP contribution in [0, 0.1) is 0 Å². The SMILES string of the molecule is Cn1cc(NC(=O)c2nc(N)cn2C)cc1C=O. The number of carbonyl (C=O) groups excluding carboxylic acids is 2. The molecule has 7 nitrogen and oxygen atoms in total. The minimum Gasteiger partial charge on any atom is -0.382 e. The van der Waals surface area contributed by atoms with Gasteiger partial charge >= 0.3 is 0 Å². The van der Waals surface area contributed by atoms with Gasteiger partial charge in [-0.2, -0.15) is 0 Å². The molecule has 3 N–H and O–H groups in total. The quantitative estimate of drug-likeness (QED) is 0.768. The van der Waals surface area contributed by atoms with E-state index in [0.29, 0.717) is 17.7 Å². The molecule has 0 atom stereocenters. The Kier molecular flexibility index (Phi) is 2.88. The lowest BCUT2D eigenvalue weighted by molar-refractivity contribution is 0.101. The number of amides is 1. The molecule has 0 fully saturated rings. The van der Waals surface area contributed by atoms with Crippen molar-refractivity contribution in [1.82, 2.24) is 14.1 Å². The number of aldehydes is 1. The number of nitrogens with zero attached hydrogens (tertiary/aromatic N) is 3. The average Bonchev–Trinajstić information content (AvgIpc) is 2.81. The maximum absolute atomic E-state index is 11.9. The smallest absolute Gasteiger partial charge is 0.291 e. The lowest BCUT2D eigenvalue weighted by Gasteiger charge is -2.01. The number of nitrogen functional groups attached to an aromatic ring is 1. The molecule has 0 aromatic carbocycles. The summed E-state index contributed by atoms with van der Waals surface area (Å²) in [6.45, 7) is 0. The van der Waals surface area contributed by atoms with E-state index in [0.717, 1.165) is 0 Å². The summed E-state index contributed by atoms with van der Waals surface area (Å²) < 4.78 is 3.16. The van der Waals surface area contributed by atoms with Gasteiger partial charge in [-0.05, 0) is 6.07 Å². The maximum Gasteiger partial charge on any atom is 0.291 e. The zero-order chi connectivity index (χ0) is 13.3. The molecule has 2 aromatic rings. The van der Waals surface area contributed by atoms with Crippen LogP contribution in [0.25, 0.3) is 0 Å². The summed E-state index contributed by atoms with van der Waals surface area (Å²) in [5.74, 6) is 0.116. The van der Waals surface area contributed by atoms with E-state index in [-0.39, 0.29) is 17.5 Å². The van der Waals surface area contributed by atoms with Crippen LogP contribution in [-0.4, -0.2) is 26.3 Å². The van der Waals surface area contributed by atoms with E-state index in [9.17, 15) is 9.59 Å². The van der Waals surface area contributed by atoms with E-state index in [1.165, 1.54) is 4.57 Å². The van der Waals surface area contributed by atoms with Gasteiger partial charge in [0.2, 0.25) is 5.82 Å². The Bertz CT molecular complexity index is 611. The monoisotopic (exact) mass is 247 g/mol. The van der Waals surface area contributed by atoms with Crippen molar-refractivity contribution in [2.45, 2.75) is 0 Å². The number of aromatic nitrogens is 3. The molecule has 0 saturated carbocycles. The van der Waals surface area contributed by atoms with E-state index in [4.69, 9.17) is 5.73 Å². The first-order chi connectivity index (χ1) is 8.51. The van der Waals surface area contributed by atoms with Gasteiger partial charge in [0.25, 0.3) is 5.91 Å². The van der Waals surface area contributed by atoms with Crippen LogP contribution in [0.2, 0.25) is 0 Å². The van der Waals surface area contributed by atoms with Gasteiger partial charge in [-0.1, -0.05) is 0 Å². The Balaban J connectivity index is 2.21. The van der Waals surface area contributed by atoms with Gasteiger partial charge < -0.3 is 20.2 Å². The van der Waals surface area contributed by atoms with Gasteiger partial charge in [0, 0.05) is 26.5 Å². The van der Waals surface area contributed by atoms with Crippen molar-refractivity contribution in [3.05, 3.63) is 30.0 Å². The third-order valence-electron chi connectivity index (χ3n) is 2.52. The summed E-state index contributed by atoms with van der Waals surface area (Å²) in [5, 5.41) is 2.65. The van der Waals surface area contributed by atoms with E-state index in [1.54, 1.807) is 37.1 Å². The topological polar surface area (TPSA) is 94.9 Å². The number of hydrogen-bond donors (Lipinski definition) is 2. The molecular weight excluding hydrogens is 234 g/mol. The van der Waals surface area contributed by atoms with E-state index in [2.05, 4.69) is 10.3 Å². The average molecular weight is 247 g/mol. The fraction of sp³-hybridized carbons (Fsp3) is 0.182. The molecule has 0 aliphatic carbocycles. The normalized spacial score (nSPS) is 10.3. The van der Waals surface area contributed by atoms with Crippen molar-refractivity contribution < 1.29 is 9.59 Å². The zero-order valence-electron chi connectivity index (χ0n) is 10.0. The molecule has 0 spiro atoms. The molecule has 94 valence electrons. The number of anilines is 2. The molecule has 2 aromatic heterocycles.